The number of para-hydroxylation sites is 8. The van der Waals surface area contributed by atoms with Gasteiger partial charge in [-0.05, 0) is 214 Å². The van der Waals surface area contributed by atoms with Crippen LogP contribution in [0.25, 0.3) is 11.1 Å². The number of rotatable bonds is 14. The van der Waals surface area contributed by atoms with Crippen molar-refractivity contribution in [3.05, 3.63) is 346 Å². The first-order valence-electron chi connectivity index (χ1n) is 36.2. The van der Waals surface area contributed by atoms with Crippen molar-refractivity contribution < 1.29 is 0 Å². The van der Waals surface area contributed by atoms with Crippen LogP contribution >= 0.6 is 0 Å². The second-order valence-electron chi connectivity index (χ2n) is 28.0. The molecule has 0 saturated carbocycles. The average Bonchev–Trinajstić information content (AvgIpc) is 1.47. The van der Waals surface area contributed by atoms with Crippen LogP contribution in [0.3, 0.4) is 0 Å². The van der Waals surface area contributed by atoms with Crippen LogP contribution in [-0.4, -0.2) is 0 Å². The second kappa shape index (κ2) is 23.0. The molecule has 0 N–H and O–H groups in total. The molecular formula is C93H86N4. The van der Waals surface area contributed by atoms with Crippen LogP contribution in [0.15, 0.2) is 279 Å². The molecule has 478 valence electrons. The van der Waals surface area contributed by atoms with E-state index in [0.717, 1.165) is 74.1 Å². The van der Waals surface area contributed by atoms with Gasteiger partial charge in [0.15, 0.2) is 0 Å². The molecule has 0 aromatic heterocycles. The molecule has 12 aromatic rings. The first kappa shape index (κ1) is 60.5. The van der Waals surface area contributed by atoms with Crippen molar-refractivity contribution in [2.75, 3.05) is 19.6 Å². The third kappa shape index (κ3) is 8.17. The molecule has 97 heavy (non-hydrogen) atoms. The molecular weight excluding hydrogens is 1170 g/mol. The number of hydrogen-bond acceptors (Lipinski definition) is 4. The van der Waals surface area contributed by atoms with E-state index in [-0.39, 0.29) is 21.7 Å². The lowest BCUT2D eigenvalue weighted by molar-refractivity contribution is 0.474. The van der Waals surface area contributed by atoms with Gasteiger partial charge in [0.25, 0.3) is 0 Å². The lowest BCUT2D eigenvalue weighted by Crippen LogP contribution is -2.36. The van der Waals surface area contributed by atoms with E-state index in [1.54, 1.807) is 0 Å². The fraction of sp³-hybridized carbons (Fsp3) is 0.226. The Morgan fingerprint density at radius 2 is 0.361 bits per heavy atom. The Morgan fingerprint density at radius 3 is 0.546 bits per heavy atom. The summed E-state index contributed by atoms with van der Waals surface area (Å²) in [6.45, 7) is 19.1. The molecule has 17 rings (SSSR count). The normalized spacial score (nSPS) is 16.3. The Labute approximate surface area is 575 Å². The molecule has 0 spiro atoms. The number of benzene rings is 12. The van der Waals surface area contributed by atoms with Gasteiger partial charge in [0, 0.05) is 44.4 Å². The summed E-state index contributed by atoms with van der Waals surface area (Å²) in [5.41, 5.74) is 31.0. The largest absolute Gasteiger partial charge is 0.310 e. The molecule has 1 aliphatic carbocycles. The zero-order valence-electron chi connectivity index (χ0n) is 57.5. The third-order valence-electron chi connectivity index (χ3n) is 24.8. The zero-order valence-corrected chi connectivity index (χ0v) is 57.5. The van der Waals surface area contributed by atoms with E-state index in [4.69, 9.17) is 0 Å². The molecule has 0 radical (unpaired) electrons. The van der Waals surface area contributed by atoms with Crippen molar-refractivity contribution in [2.45, 2.75) is 134 Å². The highest BCUT2D eigenvalue weighted by atomic mass is 15.2. The SMILES string of the molecule is CCC1(CC)c2ccccc2N(c2cc(N3c4ccccc4C(CC)(CC)c4ccccc43)cc(C3(c4cc(N5c6ccccc6C(CC)(CC)c6ccccc65)cc(N5c6ccccc6C(CC)(CC)c6ccccc65)c4)c4ccccc4-c4ccccc43)c2)c2ccccc21. The van der Waals surface area contributed by atoms with Crippen LogP contribution in [0.4, 0.5) is 68.2 Å². The molecule has 4 heteroatoms. The smallest absolute Gasteiger partial charge is 0.0716 e. The fourth-order valence-electron chi connectivity index (χ4n) is 20.0. The molecule has 0 atom stereocenters. The van der Waals surface area contributed by atoms with Crippen molar-refractivity contribution in [1.82, 2.24) is 0 Å². The van der Waals surface area contributed by atoms with Gasteiger partial charge >= 0.3 is 0 Å². The molecule has 0 saturated heterocycles. The summed E-state index contributed by atoms with van der Waals surface area (Å²) in [5, 5.41) is 0. The van der Waals surface area contributed by atoms with Crippen molar-refractivity contribution in [3.8, 4) is 11.1 Å². The van der Waals surface area contributed by atoms with Crippen LogP contribution in [0.2, 0.25) is 0 Å². The number of anilines is 12. The number of nitrogens with zero attached hydrogens (tertiary/aromatic N) is 4. The molecule has 4 aliphatic heterocycles. The Balaban J connectivity index is 1.04. The molecule has 0 unspecified atom stereocenters. The van der Waals surface area contributed by atoms with E-state index in [1.165, 1.54) is 123 Å². The number of hydrogen-bond donors (Lipinski definition) is 0. The molecule has 5 aliphatic rings. The van der Waals surface area contributed by atoms with Gasteiger partial charge in [0.05, 0.1) is 50.9 Å². The fourth-order valence-corrected chi connectivity index (χ4v) is 20.0. The minimum Gasteiger partial charge on any atom is -0.310 e. The lowest BCUT2D eigenvalue weighted by atomic mass is 9.65. The minimum absolute atomic E-state index is 0.181. The minimum atomic E-state index is -0.920. The maximum Gasteiger partial charge on any atom is 0.0716 e. The zero-order chi connectivity index (χ0) is 66.0. The van der Waals surface area contributed by atoms with E-state index in [0.29, 0.717) is 0 Å². The molecule has 12 aromatic carbocycles. The van der Waals surface area contributed by atoms with E-state index in [9.17, 15) is 0 Å². The monoisotopic (exact) mass is 1260 g/mol. The molecule has 4 nitrogen and oxygen atoms in total. The lowest BCUT2D eigenvalue weighted by Gasteiger charge is -2.47. The summed E-state index contributed by atoms with van der Waals surface area (Å²) >= 11 is 0. The van der Waals surface area contributed by atoms with Gasteiger partial charge in [-0.25, -0.2) is 0 Å². The van der Waals surface area contributed by atoms with Crippen molar-refractivity contribution in [2.24, 2.45) is 0 Å². The predicted octanol–water partition coefficient (Wildman–Crippen LogP) is 25.6. The van der Waals surface area contributed by atoms with Crippen LogP contribution in [-0.2, 0) is 27.1 Å². The van der Waals surface area contributed by atoms with E-state index < -0.39 is 5.41 Å². The summed E-state index contributed by atoms with van der Waals surface area (Å²) in [5.74, 6) is 0. The molecule has 0 amide bonds. The summed E-state index contributed by atoms with van der Waals surface area (Å²) in [4.78, 5) is 10.5. The Morgan fingerprint density at radius 1 is 0.196 bits per heavy atom. The topological polar surface area (TPSA) is 13.0 Å². The first-order chi connectivity index (χ1) is 47.7. The standard InChI is InChI=1S/C93H86N4/c1-9-89(10-2)73-41-21-29-49-81(73)94(82-50-30-22-42-74(82)89)65-57-63(58-66(61-65)95-83-51-31-23-43-75(83)90(11-3,12-4)76-44-24-32-52-84(76)95)93(71-39-19-17-37-69(71)70-38-18-20-40-72(70)93)64-59-67(96-85-53-33-25-45-77(85)91(13-5,14-6)78-46-26-34-54-86(78)96)62-68(60-64)97-87-55-35-27-47-79(87)92(15-7,16-8)80-48-28-36-56-88(80)97/h17-62H,9-16H2,1-8H3. The quantitative estimate of drug-likeness (QED) is 0.108. The third-order valence-corrected chi connectivity index (χ3v) is 24.8. The molecule has 4 heterocycles. The van der Waals surface area contributed by atoms with Gasteiger partial charge in [0.1, 0.15) is 0 Å². The van der Waals surface area contributed by atoms with Crippen molar-refractivity contribution >= 4 is 68.2 Å². The van der Waals surface area contributed by atoms with Crippen molar-refractivity contribution in [3.63, 3.8) is 0 Å². The van der Waals surface area contributed by atoms with E-state index >= 15 is 0 Å². The summed E-state index contributed by atoms with van der Waals surface area (Å²) in [6.07, 6.45) is 7.87. The average molecular weight is 1260 g/mol. The highest BCUT2D eigenvalue weighted by molar-refractivity contribution is 5.97. The van der Waals surface area contributed by atoms with Gasteiger partial charge in [-0.3, -0.25) is 0 Å². The van der Waals surface area contributed by atoms with Gasteiger partial charge in [-0.2, -0.15) is 0 Å². The second-order valence-corrected chi connectivity index (χ2v) is 28.0. The van der Waals surface area contributed by atoms with Gasteiger partial charge in [0.2, 0.25) is 0 Å². The van der Waals surface area contributed by atoms with E-state index in [1.807, 2.05) is 0 Å². The van der Waals surface area contributed by atoms with Crippen LogP contribution in [0, 0.1) is 0 Å². The highest BCUT2D eigenvalue weighted by Gasteiger charge is 2.51. The van der Waals surface area contributed by atoms with Crippen molar-refractivity contribution in [1.29, 1.82) is 0 Å². The van der Waals surface area contributed by atoms with Crippen LogP contribution < -0.4 is 19.6 Å². The molecule has 0 bridgehead atoms. The van der Waals surface area contributed by atoms with Gasteiger partial charge < -0.3 is 19.6 Å². The summed E-state index contributed by atoms with van der Waals surface area (Å²) in [7, 11) is 0. The van der Waals surface area contributed by atoms with Gasteiger partial charge in [-0.15, -0.1) is 0 Å². The Hall–Kier alpha value is -10.2. The number of fused-ring (bicyclic) bond motifs is 11. The summed E-state index contributed by atoms with van der Waals surface area (Å²) in [6, 6.07) is 109. The predicted molar refractivity (Wildman–Crippen MR) is 408 cm³/mol. The maximum absolute atomic E-state index is 2.64. The Bertz CT molecular complexity index is 4300. The van der Waals surface area contributed by atoms with E-state index in [2.05, 4.69) is 354 Å². The van der Waals surface area contributed by atoms with Crippen LogP contribution in [0.1, 0.15) is 174 Å². The highest BCUT2D eigenvalue weighted by Crippen LogP contribution is 2.65. The van der Waals surface area contributed by atoms with Gasteiger partial charge in [-0.1, -0.05) is 250 Å². The summed E-state index contributed by atoms with van der Waals surface area (Å²) < 4.78 is 0. The maximum atomic E-state index is 2.64. The first-order valence-corrected chi connectivity index (χ1v) is 36.2. The van der Waals surface area contributed by atoms with Crippen LogP contribution in [0.5, 0.6) is 0 Å². The molecule has 0 fully saturated rings. The Kier molecular flexibility index (Phi) is 14.4.